The van der Waals surface area contributed by atoms with Gasteiger partial charge in [-0.25, -0.2) is 9.18 Å². The van der Waals surface area contributed by atoms with E-state index in [-0.39, 0.29) is 10.4 Å². The molecular weight excluding hydrogens is 337 g/mol. The van der Waals surface area contributed by atoms with E-state index < -0.39 is 17.7 Å². The Bertz CT molecular complexity index is 656. The third kappa shape index (κ3) is 3.18. The van der Waals surface area contributed by atoms with Gasteiger partial charge in [0.1, 0.15) is 10.7 Å². The van der Waals surface area contributed by atoms with Crippen LogP contribution in [0, 0.1) is 5.82 Å². The van der Waals surface area contributed by atoms with Gasteiger partial charge in [0.05, 0.1) is 10.6 Å². The minimum atomic E-state index is -1.07. The third-order valence-corrected chi connectivity index (χ3v) is 3.71. The fourth-order valence-electron chi connectivity index (χ4n) is 1.37. The number of halogens is 2. The summed E-state index contributed by atoms with van der Waals surface area (Å²) in [6, 6.07) is 6.86. The minimum absolute atomic E-state index is 0.102. The largest absolute Gasteiger partial charge is 0.477 e. The van der Waals surface area contributed by atoms with Crippen LogP contribution in [-0.2, 0) is 0 Å². The van der Waals surface area contributed by atoms with Gasteiger partial charge in [-0.05, 0) is 30.3 Å². The molecule has 0 spiro atoms. The van der Waals surface area contributed by atoms with Gasteiger partial charge in [0.25, 0.3) is 5.91 Å². The van der Waals surface area contributed by atoms with Gasteiger partial charge in [-0.3, -0.25) is 4.79 Å². The van der Waals surface area contributed by atoms with E-state index in [0.717, 1.165) is 11.3 Å². The number of carbonyl (C=O) groups excluding carboxylic acids is 1. The van der Waals surface area contributed by atoms with Gasteiger partial charge in [0.15, 0.2) is 0 Å². The normalized spacial score (nSPS) is 10.2. The van der Waals surface area contributed by atoms with Crippen LogP contribution in [0.2, 0.25) is 0 Å². The first kappa shape index (κ1) is 13.7. The quantitative estimate of drug-likeness (QED) is 0.894. The molecule has 1 aromatic carbocycles. The second-order valence-electron chi connectivity index (χ2n) is 3.55. The number of anilines is 1. The summed E-state index contributed by atoms with van der Waals surface area (Å²) in [7, 11) is 0. The lowest BCUT2D eigenvalue weighted by molar-refractivity contribution is 0.0702. The first-order valence-electron chi connectivity index (χ1n) is 5.07. The van der Waals surface area contributed by atoms with Gasteiger partial charge in [-0.1, -0.05) is 15.9 Å². The summed E-state index contributed by atoms with van der Waals surface area (Å²) in [4.78, 5) is 22.7. The predicted molar refractivity (Wildman–Crippen MR) is 73.3 cm³/mol. The molecule has 0 saturated carbocycles. The molecule has 0 radical (unpaired) electrons. The topological polar surface area (TPSA) is 66.4 Å². The lowest BCUT2D eigenvalue weighted by Gasteiger charge is -2.04. The fraction of sp³-hybridized carbons (Fsp3) is 0. The molecule has 0 fully saturated rings. The van der Waals surface area contributed by atoms with Crippen LogP contribution in [-0.4, -0.2) is 17.0 Å². The van der Waals surface area contributed by atoms with E-state index >= 15 is 0 Å². The maximum atomic E-state index is 13.5. The molecule has 0 unspecified atom stereocenters. The third-order valence-electron chi connectivity index (χ3n) is 2.23. The Hall–Kier alpha value is -1.73. The Morgan fingerprint density at radius 1 is 1.26 bits per heavy atom. The molecular formula is C12H7BrFNO3S. The van der Waals surface area contributed by atoms with Crippen molar-refractivity contribution >= 4 is 44.1 Å². The smallest absolute Gasteiger partial charge is 0.345 e. The highest BCUT2D eigenvalue weighted by Crippen LogP contribution is 2.23. The SMILES string of the molecule is O=C(O)c1ccc(NC(=O)c2cc(Br)ccc2F)s1. The molecule has 19 heavy (non-hydrogen) atoms. The Morgan fingerprint density at radius 3 is 2.63 bits per heavy atom. The van der Waals surface area contributed by atoms with Gasteiger partial charge in [0.2, 0.25) is 0 Å². The maximum absolute atomic E-state index is 13.5. The molecule has 0 aliphatic rings. The summed E-state index contributed by atoms with van der Waals surface area (Å²) in [6.45, 7) is 0. The molecule has 1 heterocycles. The molecule has 98 valence electrons. The average Bonchev–Trinajstić information content (AvgIpc) is 2.80. The summed E-state index contributed by atoms with van der Waals surface area (Å²) < 4.78 is 14.1. The van der Waals surface area contributed by atoms with Crippen LogP contribution in [0.15, 0.2) is 34.8 Å². The van der Waals surface area contributed by atoms with Gasteiger partial charge < -0.3 is 10.4 Å². The van der Waals surface area contributed by atoms with E-state index in [0.29, 0.717) is 9.47 Å². The van der Waals surface area contributed by atoms with Gasteiger partial charge >= 0.3 is 5.97 Å². The fourth-order valence-corrected chi connectivity index (χ4v) is 2.47. The van der Waals surface area contributed by atoms with Crippen LogP contribution in [0.4, 0.5) is 9.39 Å². The van der Waals surface area contributed by atoms with E-state index in [1.807, 2.05) is 0 Å². The highest BCUT2D eigenvalue weighted by atomic mass is 79.9. The molecule has 0 bridgehead atoms. The summed E-state index contributed by atoms with van der Waals surface area (Å²) in [5.41, 5.74) is -0.111. The number of amides is 1. The van der Waals surface area contributed by atoms with E-state index in [1.165, 1.54) is 30.3 Å². The second kappa shape index (κ2) is 5.50. The molecule has 0 saturated heterocycles. The molecule has 2 N–H and O–H groups in total. The van der Waals surface area contributed by atoms with Crippen molar-refractivity contribution < 1.29 is 19.1 Å². The molecule has 0 atom stereocenters. The molecule has 0 aliphatic carbocycles. The number of nitrogens with one attached hydrogen (secondary N) is 1. The van der Waals surface area contributed by atoms with Crippen molar-refractivity contribution in [2.24, 2.45) is 0 Å². The number of carbonyl (C=O) groups is 2. The molecule has 2 rings (SSSR count). The van der Waals surface area contributed by atoms with Gasteiger partial charge in [-0.15, -0.1) is 11.3 Å². The Kier molecular flexibility index (Phi) is 3.96. The number of rotatable bonds is 3. The first-order valence-corrected chi connectivity index (χ1v) is 6.68. The number of aromatic carboxylic acids is 1. The number of thiophene rings is 1. The van der Waals surface area contributed by atoms with Crippen LogP contribution in [0.5, 0.6) is 0 Å². The van der Waals surface area contributed by atoms with E-state index in [4.69, 9.17) is 5.11 Å². The van der Waals surface area contributed by atoms with Crippen molar-refractivity contribution in [2.75, 3.05) is 5.32 Å². The lowest BCUT2D eigenvalue weighted by atomic mass is 10.2. The maximum Gasteiger partial charge on any atom is 0.345 e. The number of carboxylic acid groups (broad SMARTS) is 1. The zero-order chi connectivity index (χ0) is 14.0. The number of hydrogen-bond donors (Lipinski definition) is 2. The van der Waals surface area contributed by atoms with E-state index in [2.05, 4.69) is 21.2 Å². The highest BCUT2D eigenvalue weighted by molar-refractivity contribution is 9.10. The van der Waals surface area contributed by atoms with Gasteiger partial charge in [0, 0.05) is 4.47 Å². The standard InChI is InChI=1S/C12H7BrFNO3S/c13-6-1-2-8(14)7(5-6)11(16)15-10-4-3-9(19-10)12(17)18/h1-5H,(H,15,16)(H,17,18). The minimum Gasteiger partial charge on any atom is -0.477 e. The summed E-state index contributed by atoms with van der Waals surface area (Å²) in [5, 5.41) is 11.6. The molecule has 0 aliphatic heterocycles. The average molecular weight is 344 g/mol. The van der Waals surface area contributed by atoms with Gasteiger partial charge in [-0.2, -0.15) is 0 Å². The van der Waals surface area contributed by atoms with Crippen LogP contribution >= 0.6 is 27.3 Å². The van der Waals surface area contributed by atoms with Crippen molar-refractivity contribution in [2.45, 2.75) is 0 Å². The zero-order valence-corrected chi connectivity index (χ0v) is 11.7. The molecule has 7 heteroatoms. The monoisotopic (exact) mass is 343 g/mol. The molecule has 4 nitrogen and oxygen atoms in total. The van der Waals surface area contributed by atoms with Crippen molar-refractivity contribution in [3.63, 3.8) is 0 Å². The predicted octanol–water partition coefficient (Wildman–Crippen LogP) is 3.60. The number of hydrogen-bond acceptors (Lipinski definition) is 3. The summed E-state index contributed by atoms with van der Waals surface area (Å²) in [6.07, 6.45) is 0. The Labute approximate surface area is 120 Å². The van der Waals surface area contributed by atoms with E-state index in [1.54, 1.807) is 0 Å². The van der Waals surface area contributed by atoms with Crippen molar-refractivity contribution in [3.8, 4) is 0 Å². The zero-order valence-electron chi connectivity index (χ0n) is 9.31. The number of benzene rings is 1. The van der Waals surface area contributed by atoms with Crippen LogP contribution in [0.1, 0.15) is 20.0 Å². The summed E-state index contributed by atoms with van der Waals surface area (Å²) >= 11 is 4.06. The molecule has 1 amide bonds. The Morgan fingerprint density at radius 2 is 2.00 bits per heavy atom. The van der Waals surface area contributed by atoms with Crippen molar-refractivity contribution in [1.82, 2.24) is 0 Å². The second-order valence-corrected chi connectivity index (χ2v) is 5.55. The van der Waals surface area contributed by atoms with Crippen LogP contribution < -0.4 is 5.32 Å². The molecule has 1 aromatic heterocycles. The van der Waals surface area contributed by atoms with Crippen molar-refractivity contribution in [1.29, 1.82) is 0 Å². The Balaban J connectivity index is 2.20. The first-order chi connectivity index (χ1) is 8.97. The lowest BCUT2D eigenvalue weighted by Crippen LogP contribution is -2.12. The summed E-state index contributed by atoms with van der Waals surface area (Å²) in [5.74, 6) is -2.34. The van der Waals surface area contributed by atoms with Crippen molar-refractivity contribution in [3.05, 3.63) is 51.1 Å². The molecule has 2 aromatic rings. The van der Waals surface area contributed by atoms with E-state index in [9.17, 15) is 14.0 Å². The van der Waals surface area contributed by atoms with Crippen LogP contribution in [0.25, 0.3) is 0 Å². The highest BCUT2D eigenvalue weighted by Gasteiger charge is 2.14. The number of carboxylic acids is 1. The van der Waals surface area contributed by atoms with Crippen LogP contribution in [0.3, 0.4) is 0 Å².